The Morgan fingerprint density at radius 3 is 2.29 bits per heavy atom. The van der Waals surface area contributed by atoms with Crippen LogP contribution in [0.25, 0.3) is 0 Å². The van der Waals surface area contributed by atoms with E-state index in [0.717, 1.165) is 17.7 Å². The molecular formula is C22H23F3N2O4. The lowest BCUT2D eigenvalue weighted by atomic mass is 9.74. The first-order chi connectivity index (χ1) is 14.7. The van der Waals surface area contributed by atoms with E-state index < -0.39 is 34.7 Å². The van der Waals surface area contributed by atoms with Gasteiger partial charge in [-0.1, -0.05) is 24.3 Å². The minimum Gasteiger partial charge on any atom is -0.497 e. The van der Waals surface area contributed by atoms with Crippen molar-refractivity contribution in [1.29, 1.82) is 0 Å². The molecule has 3 rings (SSSR count). The standard InChI is InChI=1S/C22H23F3N2O4/c1-30-16-8-6-15(7-9-16)21(10-12-31-13-11-21)14-26-19(28)20(29)27-18-5-3-2-4-17(18)22(23,24)25/h2-9H,10-14H2,1H3,(H,26,28)(H,27,29). The van der Waals surface area contributed by atoms with Gasteiger partial charge in [-0.2, -0.15) is 13.2 Å². The van der Waals surface area contributed by atoms with Gasteiger partial charge in [0.15, 0.2) is 0 Å². The summed E-state index contributed by atoms with van der Waals surface area (Å²) < 4.78 is 50.0. The first-order valence-electron chi connectivity index (χ1n) is 9.73. The molecule has 0 aromatic heterocycles. The summed E-state index contributed by atoms with van der Waals surface area (Å²) in [6.45, 7) is 1.13. The van der Waals surface area contributed by atoms with Crippen LogP contribution < -0.4 is 15.4 Å². The SMILES string of the molecule is COc1ccc(C2(CNC(=O)C(=O)Nc3ccccc3C(F)(F)F)CCOCC2)cc1. The molecule has 1 aliphatic heterocycles. The second-order valence-electron chi connectivity index (χ2n) is 7.30. The molecule has 0 saturated carbocycles. The number of carbonyl (C=O) groups excluding carboxylic acids is 2. The zero-order valence-electron chi connectivity index (χ0n) is 16.9. The van der Waals surface area contributed by atoms with Crippen molar-refractivity contribution in [3.63, 3.8) is 0 Å². The molecule has 166 valence electrons. The predicted octanol–water partition coefficient (Wildman–Crippen LogP) is 3.52. The Bertz CT molecular complexity index is 923. The summed E-state index contributed by atoms with van der Waals surface area (Å²) in [5.41, 5.74) is -0.981. The van der Waals surface area contributed by atoms with E-state index in [9.17, 15) is 22.8 Å². The zero-order chi connectivity index (χ0) is 22.5. The minimum atomic E-state index is -4.65. The predicted molar refractivity (Wildman–Crippen MR) is 108 cm³/mol. The Hall–Kier alpha value is -3.07. The number of benzene rings is 2. The van der Waals surface area contributed by atoms with Crippen molar-refractivity contribution in [2.24, 2.45) is 0 Å². The fraction of sp³-hybridized carbons (Fsp3) is 0.364. The van der Waals surface area contributed by atoms with Crippen LogP contribution in [0, 0.1) is 0 Å². The molecule has 2 aromatic rings. The number of anilines is 1. The summed E-state index contributed by atoms with van der Waals surface area (Å²) in [4.78, 5) is 24.6. The van der Waals surface area contributed by atoms with E-state index in [4.69, 9.17) is 9.47 Å². The lowest BCUT2D eigenvalue weighted by Gasteiger charge is -2.38. The van der Waals surface area contributed by atoms with Crippen molar-refractivity contribution in [3.8, 4) is 5.75 Å². The van der Waals surface area contributed by atoms with Gasteiger partial charge < -0.3 is 20.1 Å². The van der Waals surface area contributed by atoms with Crippen LogP contribution in [0.4, 0.5) is 18.9 Å². The molecule has 6 nitrogen and oxygen atoms in total. The highest BCUT2D eigenvalue weighted by Crippen LogP contribution is 2.36. The van der Waals surface area contributed by atoms with Gasteiger partial charge in [-0.05, 0) is 42.7 Å². The topological polar surface area (TPSA) is 76.7 Å². The summed E-state index contributed by atoms with van der Waals surface area (Å²) in [6.07, 6.45) is -3.41. The second kappa shape index (κ2) is 9.38. The molecule has 2 amide bonds. The van der Waals surface area contributed by atoms with Gasteiger partial charge in [-0.25, -0.2) is 0 Å². The Balaban J connectivity index is 1.71. The van der Waals surface area contributed by atoms with E-state index in [1.807, 2.05) is 24.3 Å². The Labute approximate surface area is 177 Å². The molecule has 0 radical (unpaired) electrons. The van der Waals surface area contributed by atoms with Crippen molar-refractivity contribution >= 4 is 17.5 Å². The van der Waals surface area contributed by atoms with Crippen molar-refractivity contribution in [3.05, 3.63) is 59.7 Å². The van der Waals surface area contributed by atoms with Gasteiger partial charge in [0.05, 0.1) is 18.4 Å². The van der Waals surface area contributed by atoms with Crippen LogP contribution in [-0.2, 0) is 25.9 Å². The Morgan fingerprint density at radius 2 is 1.68 bits per heavy atom. The summed E-state index contributed by atoms with van der Waals surface area (Å²) in [5, 5.41) is 4.64. The van der Waals surface area contributed by atoms with Crippen LogP contribution in [0.3, 0.4) is 0 Å². The van der Waals surface area contributed by atoms with Crippen molar-refractivity contribution < 1.29 is 32.2 Å². The molecule has 1 heterocycles. The highest BCUT2D eigenvalue weighted by Gasteiger charge is 2.36. The molecule has 0 spiro atoms. The van der Waals surface area contributed by atoms with Crippen molar-refractivity contribution in [2.45, 2.75) is 24.4 Å². The maximum absolute atomic E-state index is 13.1. The number of methoxy groups -OCH3 is 1. The number of ether oxygens (including phenoxy) is 2. The number of hydrogen-bond donors (Lipinski definition) is 2. The fourth-order valence-electron chi connectivity index (χ4n) is 3.62. The van der Waals surface area contributed by atoms with Gasteiger partial charge in [-0.15, -0.1) is 0 Å². The number of carbonyl (C=O) groups is 2. The normalized spacial score (nSPS) is 15.7. The molecule has 2 N–H and O–H groups in total. The molecule has 1 fully saturated rings. The van der Waals surface area contributed by atoms with E-state index >= 15 is 0 Å². The number of halogens is 3. The maximum atomic E-state index is 13.1. The Morgan fingerprint density at radius 1 is 1.03 bits per heavy atom. The minimum absolute atomic E-state index is 0.149. The van der Waals surface area contributed by atoms with Gasteiger partial charge in [0.1, 0.15) is 5.75 Å². The number of alkyl halides is 3. The van der Waals surface area contributed by atoms with E-state index in [1.165, 1.54) is 12.1 Å². The first-order valence-corrected chi connectivity index (χ1v) is 9.73. The summed E-state index contributed by atoms with van der Waals surface area (Å²) in [5.74, 6) is -1.47. The van der Waals surface area contributed by atoms with Crippen LogP contribution in [0.15, 0.2) is 48.5 Å². The van der Waals surface area contributed by atoms with Gasteiger partial charge in [0, 0.05) is 25.2 Å². The van der Waals surface area contributed by atoms with Gasteiger partial charge >= 0.3 is 18.0 Å². The molecule has 9 heteroatoms. The number of nitrogens with one attached hydrogen (secondary N) is 2. The zero-order valence-corrected chi connectivity index (χ0v) is 16.9. The molecule has 0 atom stereocenters. The van der Waals surface area contributed by atoms with Gasteiger partial charge in [0.25, 0.3) is 0 Å². The quantitative estimate of drug-likeness (QED) is 0.704. The molecular weight excluding hydrogens is 413 g/mol. The fourth-order valence-corrected chi connectivity index (χ4v) is 3.62. The van der Waals surface area contributed by atoms with E-state index in [0.29, 0.717) is 31.8 Å². The number of para-hydroxylation sites is 1. The smallest absolute Gasteiger partial charge is 0.418 e. The van der Waals surface area contributed by atoms with Crippen LogP contribution in [-0.4, -0.2) is 38.7 Å². The molecule has 31 heavy (non-hydrogen) atoms. The molecule has 0 aliphatic carbocycles. The number of rotatable bonds is 5. The highest BCUT2D eigenvalue weighted by atomic mass is 19.4. The monoisotopic (exact) mass is 436 g/mol. The molecule has 2 aromatic carbocycles. The third kappa shape index (κ3) is 5.35. The Kier molecular flexibility index (Phi) is 6.84. The van der Waals surface area contributed by atoms with Gasteiger partial charge in [0.2, 0.25) is 0 Å². The molecule has 1 saturated heterocycles. The lowest BCUT2D eigenvalue weighted by Crippen LogP contribution is -2.47. The number of amides is 2. The maximum Gasteiger partial charge on any atom is 0.418 e. The summed E-state index contributed by atoms with van der Waals surface area (Å²) in [7, 11) is 1.56. The molecule has 0 bridgehead atoms. The molecule has 1 aliphatic rings. The lowest BCUT2D eigenvalue weighted by molar-refractivity contribution is -0.138. The van der Waals surface area contributed by atoms with Crippen molar-refractivity contribution in [1.82, 2.24) is 5.32 Å². The molecule has 0 unspecified atom stereocenters. The third-order valence-corrected chi connectivity index (χ3v) is 5.43. The highest BCUT2D eigenvalue weighted by molar-refractivity contribution is 6.39. The summed E-state index contributed by atoms with van der Waals surface area (Å²) >= 11 is 0. The van der Waals surface area contributed by atoms with Crippen LogP contribution in [0.5, 0.6) is 5.75 Å². The largest absolute Gasteiger partial charge is 0.497 e. The van der Waals surface area contributed by atoms with Crippen LogP contribution in [0.2, 0.25) is 0 Å². The number of hydrogen-bond acceptors (Lipinski definition) is 4. The van der Waals surface area contributed by atoms with Crippen LogP contribution in [0.1, 0.15) is 24.0 Å². The average Bonchev–Trinajstić information content (AvgIpc) is 2.77. The second-order valence-corrected chi connectivity index (χ2v) is 7.30. The summed E-state index contributed by atoms with van der Waals surface area (Å²) in [6, 6.07) is 11.9. The average molecular weight is 436 g/mol. The van der Waals surface area contributed by atoms with Crippen molar-refractivity contribution in [2.75, 3.05) is 32.2 Å². The van der Waals surface area contributed by atoms with Gasteiger partial charge in [-0.3, -0.25) is 9.59 Å². The van der Waals surface area contributed by atoms with E-state index in [1.54, 1.807) is 7.11 Å². The van der Waals surface area contributed by atoms with E-state index in [-0.39, 0.29) is 6.54 Å². The van der Waals surface area contributed by atoms with E-state index in [2.05, 4.69) is 10.6 Å². The first kappa shape index (κ1) is 22.6. The third-order valence-electron chi connectivity index (χ3n) is 5.43. The van der Waals surface area contributed by atoms with Crippen LogP contribution >= 0.6 is 0 Å².